The Morgan fingerprint density at radius 3 is 2.54 bits per heavy atom. The molecule has 5 nitrogen and oxygen atoms in total. The van der Waals surface area contributed by atoms with Gasteiger partial charge in [-0.1, -0.05) is 30.3 Å². The Morgan fingerprint density at radius 1 is 1.04 bits per heavy atom. The summed E-state index contributed by atoms with van der Waals surface area (Å²) in [6.45, 7) is 4.64. The Kier molecular flexibility index (Phi) is 6.13. The molecular formula is C23H32N4O. The number of amides is 1. The number of nitrogens with zero attached hydrogens (tertiary/aromatic N) is 3. The maximum absolute atomic E-state index is 12.7. The van der Waals surface area contributed by atoms with E-state index < -0.39 is 0 Å². The summed E-state index contributed by atoms with van der Waals surface area (Å²) in [5.74, 6) is 0.183. The largest absolute Gasteiger partial charge is 0.353 e. The van der Waals surface area contributed by atoms with Crippen molar-refractivity contribution in [2.75, 3.05) is 26.2 Å². The number of piperidine rings is 1. The van der Waals surface area contributed by atoms with Gasteiger partial charge in [0, 0.05) is 44.6 Å². The van der Waals surface area contributed by atoms with E-state index in [1.165, 1.54) is 17.7 Å². The van der Waals surface area contributed by atoms with E-state index in [1.54, 1.807) is 0 Å². The number of carbonyl (C=O) groups excluding carboxylic acids is 1. The average molecular weight is 381 g/mol. The lowest BCUT2D eigenvalue weighted by Crippen LogP contribution is -2.47. The second kappa shape index (κ2) is 8.93. The quantitative estimate of drug-likeness (QED) is 0.838. The van der Waals surface area contributed by atoms with Crippen molar-refractivity contribution in [2.45, 2.75) is 44.3 Å². The molecule has 0 unspecified atom stereocenters. The second-order valence-corrected chi connectivity index (χ2v) is 8.28. The summed E-state index contributed by atoms with van der Waals surface area (Å²) in [6.07, 6.45) is 6.48. The van der Waals surface area contributed by atoms with Gasteiger partial charge in [0.1, 0.15) is 0 Å². The molecule has 2 aliphatic rings. The molecule has 0 bridgehead atoms. The molecule has 0 saturated carbocycles. The fraction of sp³-hybridized carbons (Fsp3) is 0.522. The number of hydrogen-bond donors (Lipinski definition) is 1. The fourth-order valence-electron chi connectivity index (χ4n) is 4.71. The van der Waals surface area contributed by atoms with Crippen LogP contribution in [0.15, 0.2) is 48.7 Å². The first-order valence-corrected chi connectivity index (χ1v) is 10.6. The molecule has 5 heteroatoms. The van der Waals surface area contributed by atoms with Crippen LogP contribution in [-0.4, -0.2) is 52.5 Å². The summed E-state index contributed by atoms with van der Waals surface area (Å²) < 4.78 is 2.18. The highest BCUT2D eigenvalue weighted by molar-refractivity contribution is 5.78. The molecule has 2 saturated heterocycles. The van der Waals surface area contributed by atoms with Crippen LogP contribution < -0.4 is 5.32 Å². The summed E-state index contributed by atoms with van der Waals surface area (Å²) in [6, 6.07) is 15.6. The molecule has 2 aromatic rings. The van der Waals surface area contributed by atoms with E-state index in [4.69, 9.17) is 0 Å². The third-order valence-electron chi connectivity index (χ3n) is 6.24. The van der Waals surface area contributed by atoms with Gasteiger partial charge in [0.05, 0.1) is 12.6 Å². The third-order valence-corrected chi connectivity index (χ3v) is 6.24. The highest BCUT2D eigenvalue weighted by Gasteiger charge is 2.30. The predicted octanol–water partition coefficient (Wildman–Crippen LogP) is 2.94. The van der Waals surface area contributed by atoms with E-state index in [1.807, 2.05) is 0 Å². The number of benzene rings is 1. The van der Waals surface area contributed by atoms with Crippen LogP contribution in [-0.2, 0) is 18.4 Å². The first-order valence-electron chi connectivity index (χ1n) is 10.6. The molecule has 1 amide bonds. The van der Waals surface area contributed by atoms with E-state index in [-0.39, 0.29) is 5.91 Å². The maximum atomic E-state index is 12.7. The number of likely N-dealkylation sites (tertiary alicyclic amines) is 2. The highest BCUT2D eigenvalue weighted by Crippen LogP contribution is 2.31. The van der Waals surface area contributed by atoms with Gasteiger partial charge in [0.25, 0.3) is 0 Å². The van der Waals surface area contributed by atoms with Crippen molar-refractivity contribution in [3.63, 3.8) is 0 Å². The maximum Gasteiger partial charge on any atom is 0.234 e. The molecular weight excluding hydrogens is 348 g/mol. The number of hydrogen-bond acceptors (Lipinski definition) is 3. The molecule has 1 aromatic carbocycles. The smallest absolute Gasteiger partial charge is 0.234 e. The van der Waals surface area contributed by atoms with Crippen LogP contribution in [0.4, 0.5) is 0 Å². The minimum Gasteiger partial charge on any atom is -0.353 e. The molecule has 150 valence electrons. The second-order valence-electron chi connectivity index (χ2n) is 8.28. The molecule has 1 aromatic heterocycles. The van der Waals surface area contributed by atoms with Gasteiger partial charge >= 0.3 is 0 Å². The molecule has 1 N–H and O–H groups in total. The number of rotatable bonds is 6. The topological polar surface area (TPSA) is 40.5 Å². The highest BCUT2D eigenvalue weighted by atomic mass is 16.2. The molecule has 3 heterocycles. The zero-order valence-corrected chi connectivity index (χ0v) is 16.9. The first kappa shape index (κ1) is 19.2. The van der Waals surface area contributed by atoms with Crippen molar-refractivity contribution >= 4 is 5.91 Å². The summed E-state index contributed by atoms with van der Waals surface area (Å²) in [5.41, 5.74) is 2.69. The van der Waals surface area contributed by atoms with Crippen LogP contribution in [0.2, 0.25) is 0 Å². The Labute approximate surface area is 168 Å². The zero-order chi connectivity index (χ0) is 19.3. The molecule has 28 heavy (non-hydrogen) atoms. The molecule has 0 spiro atoms. The molecule has 0 radical (unpaired) electrons. The SMILES string of the molecule is Cn1cccc1[C@H]1CCCN1CC(=O)NC1CCN(Cc2ccccc2)CC1. The zero-order valence-electron chi connectivity index (χ0n) is 16.9. The van der Waals surface area contributed by atoms with Crippen LogP contribution in [0.1, 0.15) is 43.0 Å². The van der Waals surface area contributed by atoms with Gasteiger partial charge in [-0.2, -0.15) is 0 Å². The van der Waals surface area contributed by atoms with Crippen LogP contribution >= 0.6 is 0 Å². The van der Waals surface area contributed by atoms with Crippen molar-refractivity contribution in [3.8, 4) is 0 Å². The van der Waals surface area contributed by atoms with Gasteiger partial charge in [-0.05, 0) is 49.9 Å². The summed E-state index contributed by atoms with van der Waals surface area (Å²) in [7, 11) is 2.09. The molecule has 2 fully saturated rings. The van der Waals surface area contributed by atoms with Gasteiger partial charge < -0.3 is 9.88 Å². The van der Waals surface area contributed by atoms with E-state index in [0.717, 1.165) is 45.4 Å². The van der Waals surface area contributed by atoms with E-state index in [9.17, 15) is 4.79 Å². The Bertz CT molecular complexity index is 764. The van der Waals surface area contributed by atoms with Crippen molar-refractivity contribution in [2.24, 2.45) is 7.05 Å². The lowest BCUT2D eigenvalue weighted by atomic mass is 10.0. The van der Waals surface area contributed by atoms with Gasteiger partial charge in [-0.25, -0.2) is 0 Å². The summed E-state index contributed by atoms with van der Waals surface area (Å²) in [4.78, 5) is 17.5. The first-order chi connectivity index (χ1) is 13.7. The van der Waals surface area contributed by atoms with Gasteiger partial charge in [-0.15, -0.1) is 0 Å². The molecule has 1 atom stereocenters. The van der Waals surface area contributed by atoms with Crippen molar-refractivity contribution in [1.29, 1.82) is 0 Å². The van der Waals surface area contributed by atoms with Gasteiger partial charge in [0.15, 0.2) is 0 Å². The lowest BCUT2D eigenvalue weighted by molar-refractivity contribution is -0.123. The number of carbonyl (C=O) groups is 1. The normalized spacial score (nSPS) is 21.8. The van der Waals surface area contributed by atoms with Crippen molar-refractivity contribution in [1.82, 2.24) is 19.7 Å². The number of aryl methyl sites for hydroxylation is 1. The van der Waals surface area contributed by atoms with Crippen LogP contribution in [0, 0.1) is 0 Å². The van der Waals surface area contributed by atoms with Crippen LogP contribution in [0.5, 0.6) is 0 Å². The standard InChI is InChI=1S/C23H32N4O/c1-25-13-5-9-21(25)22-10-6-14-27(22)18-23(28)24-20-11-15-26(16-12-20)17-19-7-3-2-4-8-19/h2-5,7-9,13,20,22H,6,10-12,14-18H2,1H3,(H,24,28)/t22-/m1/s1. The van der Waals surface area contributed by atoms with E-state index >= 15 is 0 Å². The lowest BCUT2D eigenvalue weighted by Gasteiger charge is -2.33. The average Bonchev–Trinajstić information content (AvgIpc) is 3.32. The Balaban J connectivity index is 1.23. The monoisotopic (exact) mass is 380 g/mol. The van der Waals surface area contributed by atoms with Crippen LogP contribution in [0.25, 0.3) is 0 Å². The Morgan fingerprint density at radius 2 is 1.82 bits per heavy atom. The predicted molar refractivity (Wildman–Crippen MR) is 112 cm³/mol. The summed E-state index contributed by atoms with van der Waals surface area (Å²) >= 11 is 0. The molecule has 4 rings (SSSR count). The van der Waals surface area contributed by atoms with Gasteiger partial charge in [0.2, 0.25) is 5.91 Å². The van der Waals surface area contributed by atoms with Gasteiger partial charge in [-0.3, -0.25) is 14.6 Å². The number of aromatic nitrogens is 1. The van der Waals surface area contributed by atoms with Crippen molar-refractivity contribution < 1.29 is 4.79 Å². The Hall–Kier alpha value is -2.11. The summed E-state index contributed by atoms with van der Waals surface area (Å²) in [5, 5.41) is 3.30. The van der Waals surface area contributed by atoms with E-state index in [0.29, 0.717) is 18.6 Å². The number of nitrogens with one attached hydrogen (secondary N) is 1. The fourth-order valence-corrected chi connectivity index (χ4v) is 4.71. The van der Waals surface area contributed by atoms with Crippen LogP contribution in [0.3, 0.4) is 0 Å². The third kappa shape index (κ3) is 4.65. The molecule has 2 aliphatic heterocycles. The minimum atomic E-state index is 0.183. The van der Waals surface area contributed by atoms with E-state index in [2.05, 4.69) is 75.4 Å². The molecule has 0 aliphatic carbocycles. The van der Waals surface area contributed by atoms with Crippen molar-refractivity contribution in [3.05, 3.63) is 59.9 Å². The minimum absolute atomic E-state index is 0.183.